The highest BCUT2D eigenvalue weighted by atomic mass is 16.4. The molecule has 3 rings (SSSR count). The first kappa shape index (κ1) is 13.6. The van der Waals surface area contributed by atoms with Gasteiger partial charge in [0.05, 0.1) is 22.8 Å². The number of carbonyl (C=O) groups is 2. The van der Waals surface area contributed by atoms with Crippen molar-refractivity contribution in [1.82, 2.24) is 15.3 Å². The van der Waals surface area contributed by atoms with E-state index in [-0.39, 0.29) is 12.5 Å². The van der Waals surface area contributed by atoms with Gasteiger partial charge in [0, 0.05) is 12.1 Å². The predicted molar refractivity (Wildman–Crippen MR) is 77.0 cm³/mol. The van der Waals surface area contributed by atoms with Gasteiger partial charge in [-0.05, 0) is 31.0 Å². The molecule has 110 valence electrons. The second-order valence-electron chi connectivity index (χ2n) is 5.61. The molecule has 1 amide bonds. The molecule has 3 N–H and O–H groups in total. The first-order valence-electron chi connectivity index (χ1n) is 7.05. The van der Waals surface area contributed by atoms with Crippen LogP contribution in [0.1, 0.15) is 36.0 Å². The summed E-state index contributed by atoms with van der Waals surface area (Å²) in [7, 11) is 0. The number of H-pyrrole nitrogens is 1. The average Bonchev–Trinajstić information content (AvgIpc) is 3.13. The summed E-state index contributed by atoms with van der Waals surface area (Å²) in [6, 6.07) is 5.18. The summed E-state index contributed by atoms with van der Waals surface area (Å²) in [5.41, 5.74) is 1.29. The number of hydrogen-bond donors (Lipinski definition) is 3. The molecular formula is C15H17N3O3. The molecule has 0 aliphatic heterocycles. The van der Waals surface area contributed by atoms with Crippen LogP contribution in [-0.4, -0.2) is 33.5 Å². The van der Waals surface area contributed by atoms with Gasteiger partial charge in [-0.1, -0.05) is 12.8 Å². The molecule has 6 nitrogen and oxygen atoms in total. The first-order chi connectivity index (χ1) is 10.1. The van der Waals surface area contributed by atoms with Gasteiger partial charge >= 0.3 is 5.97 Å². The van der Waals surface area contributed by atoms with Gasteiger partial charge in [0.2, 0.25) is 0 Å². The Hall–Kier alpha value is -2.37. The third-order valence-electron chi connectivity index (χ3n) is 4.28. The number of amides is 1. The van der Waals surface area contributed by atoms with Gasteiger partial charge in [-0.25, -0.2) is 4.98 Å². The van der Waals surface area contributed by atoms with Crippen LogP contribution in [0.5, 0.6) is 0 Å². The summed E-state index contributed by atoms with van der Waals surface area (Å²) in [5, 5.41) is 12.2. The van der Waals surface area contributed by atoms with Gasteiger partial charge < -0.3 is 15.4 Å². The van der Waals surface area contributed by atoms with Crippen LogP contribution in [-0.2, 0) is 4.79 Å². The summed E-state index contributed by atoms with van der Waals surface area (Å²) in [5.74, 6) is -1.07. The Morgan fingerprint density at radius 1 is 1.33 bits per heavy atom. The zero-order chi connectivity index (χ0) is 14.9. The maximum absolute atomic E-state index is 12.2. The Morgan fingerprint density at radius 2 is 2.10 bits per heavy atom. The highest BCUT2D eigenvalue weighted by Gasteiger charge is 2.41. The number of aromatic nitrogens is 2. The lowest BCUT2D eigenvalue weighted by molar-refractivity contribution is -0.148. The molecule has 1 aliphatic rings. The summed E-state index contributed by atoms with van der Waals surface area (Å²) in [6.45, 7) is 0.183. The van der Waals surface area contributed by atoms with Crippen LogP contribution in [0.15, 0.2) is 24.5 Å². The topological polar surface area (TPSA) is 95.1 Å². The monoisotopic (exact) mass is 287 g/mol. The van der Waals surface area contributed by atoms with Crippen molar-refractivity contribution in [2.75, 3.05) is 6.54 Å². The number of rotatable bonds is 4. The number of fused-ring (bicyclic) bond motifs is 1. The van der Waals surface area contributed by atoms with Gasteiger partial charge in [-0.15, -0.1) is 0 Å². The predicted octanol–water partition coefficient (Wildman–Crippen LogP) is 1.94. The van der Waals surface area contributed by atoms with E-state index in [9.17, 15) is 14.7 Å². The third-order valence-corrected chi connectivity index (χ3v) is 4.28. The minimum atomic E-state index is -0.815. The molecule has 0 radical (unpaired) electrons. The van der Waals surface area contributed by atoms with Gasteiger partial charge in [-0.2, -0.15) is 0 Å². The summed E-state index contributed by atoms with van der Waals surface area (Å²) >= 11 is 0. The average molecular weight is 287 g/mol. The van der Waals surface area contributed by atoms with Gasteiger partial charge in [0.25, 0.3) is 5.91 Å². The fraction of sp³-hybridized carbons (Fsp3) is 0.400. The third kappa shape index (κ3) is 2.49. The van der Waals surface area contributed by atoms with Crippen molar-refractivity contribution in [2.45, 2.75) is 25.7 Å². The molecule has 0 unspecified atom stereocenters. The van der Waals surface area contributed by atoms with E-state index < -0.39 is 11.4 Å². The maximum Gasteiger partial charge on any atom is 0.311 e. The molecule has 21 heavy (non-hydrogen) atoms. The molecule has 1 fully saturated rings. The van der Waals surface area contributed by atoms with Crippen molar-refractivity contribution in [3.63, 3.8) is 0 Å². The van der Waals surface area contributed by atoms with E-state index in [1.54, 1.807) is 24.5 Å². The van der Waals surface area contributed by atoms with Crippen LogP contribution >= 0.6 is 0 Å². The molecule has 0 spiro atoms. The van der Waals surface area contributed by atoms with Crippen LogP contribution in [0.4, 0.5) is 0 Å². The van der Waals surface area contributed by atoms with E-state index in [0.717, 1.165) is 23.9 Å². The van der Waals surface area contributed by atoms with Crippen LogP contribution < -0.4 is 5.32 Å². The lowest BCUT2D eigenvalue weighted by atomic mass is 9.86. The van der Waals surface area contributed by atoms with Crippen molar-refractivity contribution in [3.8, 4) is 0 Å². The van der Waals surface area contributed by atoms with Crippen LogP contribution in [0.3, 0.4) is 0 Å². The highest BCUT2D eigenvalue weighted by molar-refractivity contribution is 5.97. The van der Waals surface area contributed by atoms with Crippen molar-refractivity contribution in [2.24, 2.45) is 5.41 Å². The van der Waals surface area contributed by atoms with Gasteiger partial charge in [0.1, 0.15) is 0 Å². The van der Waals surface area contributed by atoms with E-state index in [4.69, 9.17) is 0 Å². The molecule has 1 aliphatic carbocycles. The fourth-order valence-electron chi connectivity index (χ4n) is 2.95. The van der Waals surface area contributed by atoms with Crippen LogP contribution in [0, 0.1) is 5.41 Å². The summed E-state index contributed by atoms with van der Waals surface area (Å²) in [4.78, 5) is 30.7. The maximum atomic E-state index is 12.2. The second kappa shape index (κ2) is 5.20. The second-order valence-corrected chi connectivity index (χ2v) is 5.61. The van der Waals surface area contributed by atoms with Crippen molar-refractivity contribution in [3.05, 3.63) is 30.1 Å². The zero-order valence-electron chi connectivity index (χ0n) is 11.6. The molecule has 6 heteroatoms. The van der Waals surface area contributed by atoms with Crippen LogP contribution in [0.2, 0.25) is 0 Å². The number of imidazole rings is 1. The van der Waals surface area contributed by atoms with E-state index in [1.807, 2.05) is 0 Å². The molecule has 1 aromatic heterocycles. The number of carboxylic acid groups (broad SMARTS) is 1. The molecule has 0 atom stereocenters. The van der Waals surface area contributed by atoms with E-state index in [0.29, 0.717) is 18.4 Å². The number of aliphatic carboxylic acids is 1. The lowest BCUT2D eigenvalue weighted by Gasteiger charge is -2.23. The standard InChI is InChI=1S/C15H17N3O3/c19-13(10-3-4-11-12(7-10)18-9-17-11)16-8-15(14(20)21)5-1-2-6-15/h3-4,7,9H,1-2,5-6,8H2,(H,16,19)(H,17,18)(H,20,21). The Kier molecular flexibility index (Phi) is 3.37. The minimum Gasteiger partial charge on any atom is -0.481 e. The largest absolute Gasteiger partial charge is 0.481 e. The van der Waals surface area contributed by atoms with E-state index in [2.05, 4.69) is 15.3 Å². The van der Waals surface area contributed by atoms with Crippen molar-refractivity contribution in [1.29, 1.82) is 0 Å². The number of carboxylic acids is 1. The fourth-order valence-corrected chi connectivity index (χ4v) is 2.95. The molecule has 1 heterocycles. The molecule has 1 saturated carbocycles. The number of nitrogens with one attached hydrogen (secondary N) is 2. The van der Waals surface area contributed by atoms with E-state index in [1.165, 1.54) is 0 Å². The number of nitrogens with zero attached hydrogens (tertiary/aromatic N) is 1. The highest BCUT2D eigenvalue weighted by Crippen LogP contribution is 2.37. The van der Waals surface area contributed by atoms with Gasteiger partial charge in [0.15, 0.2) is 0 Å². The summed E-state index contributed by atoms with van der Waals surface area (Å²) < 4.78 is 0. The van der Waals surface area contributed by atoms with E-state index >= 15 is 0 Å². The summed E-state index contributed by atoms with van der Waals surface area (Å²) in [6.07, 6.45) is 4.64. The smallest absolute Gasteiger partial charge is 0.311 e. The Labute approximate surface area is 121 Å². The van der Waals surface area contributed by atoms with Crippen LogP contribution in [0.25, 0.3) is 11.0 Å². The molecule has 1 aromatic carbocycles. The zero-order valence-corrected chi connectivity index (χ0v) is 11.6. The number of aromatic amines is 1. The SMILES string of the molecule is O=C(NCC1(C(=O)O)CCCC1)c1ccc2nc[nH]c2c1. The number of benzene rings is 1. The van der Waals surface area contributed by atoms with Gasteiger partial charge in [-0.3, -0.25) is 9.59 Å². The van der Waals surface area contributed by atoms with Crippen molar-refractivity contribution < 1.29 is 14.7 Å². The molecule has 2 aromatic rings. The molecular weight excluding hydrogens is 270 g/mol. The minimum absolute atomic E-state index is 0.183. The Balaban J connectivity index is 1.72. The first-order valence-corrected chi connectivity index (χ1v) is 7.05. The number of hydrogen-bond acceptors (Lipinski definition) is 3. The lowest BCUT2D eigenvalue weighted by Crippen LogP contribution is -2.41. The Bertz CT molecular complexity index is 686. The van der Waals surface area contributed by atoms with Crippen molar-refractivity contribution >= 4 is 22.9 Å². The number of carbonyl (C=O) groups excluding carboxylic acids is 1. The molecule has 0 bridgehead atoms. The molecule has 0 saturated heterocycles. The Morgan fingerprint density at radius 3 is 2.81 bits per heavy atom. The normalized spacial score (nSPS) is 17.0. The quantitative estimate of drug-likeness (QED) is 0.800.